The van der Waals surface area contributed by atoms with Gasteiger partial charge in [0.15, 0.2) is 0 Å². The van der Waals surface area contributed by atoms with Gasteiger partial charge in [-0.25, -0.2) is 0 Å². The van der Waals surface area contributed by atoms with E-state index in [4.69, 9.17) is 23.2 Å². The monoisotopic (exact) mass is 477 g/mol. The van der Waals surface area contributed by atoms with E-state index in [1.165, 1.54) is 0 Å². The molecular formula is C23H25Cl2N3O2S. The summed E-state index contributed by atoms with van der Waals surface area (Å²) in [4.78, 5) is 29.6. The number of carbonyl (C=O) groups excluding carboxylic acids is 2. The molecule has 2 aromatic rings. The molecule has 1 aliphatic heterocycles. The number of amides is 2. The van der Waals surface area contributed by atoms with E-state index < -0.39 is 0 Å². The highest BCUT2D eigenvalue weighted by Gasteiger charge is 2.23. The third-order valence-corrected chi connectivity index (χ3v) is 6.73. The number of benzene rings is 2. The van der Waals surface area contributed by atoms with Crippen molar-refractivity contribution in [2.24, 2.45) is 0 Å². The number of halogens is 2. The molecule has 0 bridgehead atoms. The first kappa shape index (κ1) is 23.7. The van der Waals surface area contributed by atoms with Crippen LogP contribution in [0.3, 0.4) is 0 Å². The minimum atomic E-state index is -0.0234. The molecule has 0 unspecified atom stereocenters. The van der Waals surface area contributed by atoms with E-state index in [2.05, 4.69) is 16.8 Å². The van der Waals surface area contributed by atoms with E-state index in [1.54, 1.807) is 30.0 Å². The highest BCUT2D eigenvalue weighted by atomic mass is 35.5. The Kier molecular flexibility index (Phi) is 8.84. The van der Waals surface area contributed by atoms with E-state index in [-0.39, 0.29) is 11.8 Å². The van der Waals surface area contributed by atoms with Crippen molar-refractivity contribution in [2.75, 3.05) is 39.3 Å². The maximum Gasteiger partial charge on any atom is 0.253 e. The lowest BCUT2D eigenvalue weighted by Crippen LogP contribution is -2.51. The van der Waals surface area contributed by atoms with Gasteiger partial charge in [0.1, 0.15) is 0 Å². The molecule has 8 heteroatoms. The summed E-state index contributed by atoms with van der Waals surface area (Å²) in [5.41, 5.74) is 1.72. The number of nitrogens with zero attached hydrogens (tertiary/aromatic N) is 2. The van der Waals surface area contributed by atoms with Gasteiger partial charge in [-0.1, -0.05) is 41.4 Å². The van der Waals surface area contributed by atoms with Crippen LogP contribution in [0.2, 0.25) is 10.0 Å². The topological polar surface area (TPSA) is 52.7 Å². The van der Waals surface area contributed by atoms with Crippen LogP contribution in [0.1, 0.15) is 15.9 Å². The normalized spacial score (nSPS) is 14.3. The summed E-state index contributed by atoms with van der Waals surface area (Å²) >= 11 is 13.9. The predicted molar refractivity (Wildman–Crippen MR) is 128 cm³/mol. The van der Waals surface area contributed by atoms with Gasteiger partial charge in [0, 0.05) is 54.0 Å². The summed E-state index contributed by atoms with van der Waals surface area (Å²) in [5.74, 6) is 0.683. The molecule has 1 fully saturated rings. The SMILES string of the molecule is C=CCNC(=O)CN1CCN(C(=O)c2cccc(CSc3cc(Cl)ccc3Cl)c2)CC1. The lowest BCUT2D eigenvalue weighted by molar-refractivity contribution is -0.122. The van der Waals surface area contributed by atoms with Crippen molar-refractivity contribution in [2.45, 2.75) is 10.6 Å². The molecule has 1 N–H and O–H groups in total. The summed E-state index contributed by atoms with van der Waals surface area (Å²) in [6.45, 7) is 6.96. The summed E-state index contributed by atoms with van der Waals surface area (Å²) < 4.78 is 0. The van der Waals surface area contributed by atoms with Crippen molar-refractivity contribution >= 4 is 46.8 Å². The van der Waals surface area contributed by atoms with Crippen LogP contribution in [-0.2, 0) is 10.5 Å². The lowest BCUT2D eigenvalue weighted by atomic mass is 10.1. The number of piperazine rings is 1. The molecule has 0 atom stereocenters. The largest absolute Gasteiger partial charge is 0.352 e. The van der Waals surface area contributed by atoms with Crippen LogP contribution < -0.4 is 5.32 Å². The molecule has 0 aromatic heterocycles. The summed E-state index contributed by atoms with van der Waals surface area (Å²) in [6, 6.07) is 13.1. The average molecular weight is 478 g/mol. The molecule has 2 amide bonds. The zero-order valence-corrected chi connectivity index (χ0v) is 19.5. The van der Waals surface area contributed by atoms with Crippen LogP contribution >= 0.6 is 35.0 Å². The first-order valence-corrected chi connectivity index (χ1v) is 11.8. The van der Waals surface area contributed by atoms with Gasteiger partial charge in [-0.15, -0.1) is 18.3 Å². The number of rotatable bonds is 8. The second-order valence-electron chi connectivity index (χ2n) is 7.22. The number of hydrogen-bond acceptors (Lipinski definition) is 4. The van der Waals surface area contributed by atoms with Crippen LogP contribution in [0.4, 0.5) is 0 Å². The van der Waals surface area contributed by atoms with Gasteiger partial charge in [-0.3, -0.25) is 14.5 Å². The molecule has 0 radical (unpaired) electrons. The highest BCUT2D eigenvalue weighted by molar-refractivity contribution is 7.98. The molecular weight excluding hydrogens is 453 g/mol. The fourth-order valence-corrected chi connectivity index (χ4v) is 4.72. The Hall–Kier alpha value is -1.99. The van der Waals surface area contributed by atoms with Crippen molar-refractivity contribution in [3.05, 3.63) is 76.3 Å². The average Bonchev–Trinajstić information content (AvgIpc) is 2.78. The fraction of sp³-hybridized carbons (Fsp3) is 0.304. The van der Waals surface area contributed by atoms with E-state index in [1.807, 2.05) is 35.2 Å². The van der Waals surface area contributed by atoms with Gasteiger partial charge in [0.05, 0.1) is 11.6 Å². The van der Waals surface area contributed by atoms with Crippen molar-refractivity contribution in [1.82, 2.24) is 15.1 Å². The van der Waals surface area contributed by atoms with Crippen molar-refractivity contribution in [1.29, 1.82) is 0 Å². The predicted octanol–water partition coefficient (Wildman–Crippen LogP) is 4.35. The maximum absolute atomic E-state index is 13.0. The van der Waals surface area contributed by atoms with Gasteiger partial charge in [-0.05, 0) is 35.9 Å². The number of nitrogens with one attached hydrogen (secondary N) is 1. The minimum Gasteiger partial charge on any atom is -0.352 e. The number of thioether (sulfide) groups is 1. The molecule has 1 heterocycles. The Balaban J connectivity index is 1.54. The lowest BCUT2D eigenvalue weighted by Gasteiger charge is -2.34. The van der Waals surface area contributed by atoms with Gasteiger partial charge in [0.25, 0.3) is 5.91 Å². The summed E-state index contributed by atoms with van der Waals surface area (Å²) in [5, 5.41) is 4.09. The van der Waals surface area contributed by atoms with Crippen LogP contribution in [0.25, 0.3) is 0 Å². The minimum absolute atomic E-state index is 0.0170. The van der Waals surface area contributed by atoms with E-state index >= 15 is 0 Å². The van der Waals surface area contributed by atoms with Crippen molar-refractivity contribution < 1.29 is 9.59 Å². The molecule has 0 saturated carbocycles. The van der Waals surface area contributed by atoms with Crippen molar-refractivity contribution in [3.8, 4) is 0 Å². The second kappa shape index (κ2) is 11.6. The Bertz CT molecular complexity index is 946. The smallest absolute Gasteiger partial charge is 0.253 e. The Morgan fingerprint density at radius 3 is 2.61 bits per heavy atom. The molecule has 1 aliphatic rings. The van der Waals surface area contributed by atoms with Gasteiger partial charge >= 0.3 is 0 Å². The zero-order valence-electron chi connectivity index (χ0n) is 17.2. The van der Waals surface area contributed by atoms with Gasteiger partial charge in [-0.2, -0.15) is 0 Å². The van der Waals surface area contributed by atoms with Crippen LogP contribution in [0, 0.1) is 0 Å². The number of carbonyl (C=O) groups is 2. The molecule has 31 heavy (non-hydrogen) atoms. The zero-order chi connectivity index (χ0) is 22.2. The quantitative estimate of drug-likeness (QED) is 0.453. The van der Waals surface area contributed by atoms with Crippen LogP contribution in [0.15, 0.2) is 60.0 Å². The van der Waals surface area contributed by atoms with Crippen LogP contribution in [-0.4, -0.2) is 60.9 Å². The highest BCUT2D eigenvalue weighted by Crippen LogP contribution is 2.32. The Morgan fingerprint density at radius 2 is 1.87 bits per heavy atom. The Morgan fingerprint density at radius 1 is 1.10 bits per heavy atom. The summed E-state index contributed by atoms with van der Waals surface area (Å²) in [6.07, 6.45) is 1.66. The van der Waals surface area contributed by atoms with Gasteiger partial charge < -0.3 is 10.2 Å². The molecule has 0 aliphatic carbocycles. The van der Waals surface area contributed by atoms with E-state index in [0.717, 1.165) is 10.5 Å². The number of hydrogen-bond donors (Lipinski definition) is 1. The fourth-order valence-electron chi connectivity index (χ4n) is 3.28. The molecule has 164 valence electrons. The van der Waals surface area contributed by atoms with E-state index in [0.29, 0.717) is 60.6 Å². The van der Waals surface area contributed by atoms with Crippen LogP contribution in [0.5, 0.6) is 0 Å². The van der Waals surface area contributed by atoms with Gasteiger partial charge in [0.2, 0.25) is 5.91 Å². The Labute approximate surface area is 197 Å². The first-order valence-electron chi connectivity index (χ1n) is 10.0. The first-order chi connectivity index (χ1) is 15.0. The van der Waals surface area contributed by atoms with Crippen molar-refractivity contribution in [3.63, 3.8) is 0 Å². The third-order valence-electron chi connectivity index (χ3n) is 4.93. The molecule has 5 nitrogen and oxygen atoms in total. The molecule has 0 spiro atoms. The molecule has 2 aromatic carbocycles. The third kappa shape index (κ3) is 7.01. The second-order valence-corrected chi connectivity index (χ2v) is 9.09. The summed E-state index contributed by atoms with van der Waals surface area (Å²) in [7, 11) is 0. The maximum atomic E-state index is 13.0. The molecule has 3 rings (SSSR count). The van der Waals surface area contributed by atoms with E-state index in [9.17, 15) is 9.59 Å². The molecule has 1 saturated heterocycles. The standard InChI is InChI=1S/C23H25Cl2N3O2S/c1-2-8-26-22(29)15-27-9-11-28(12-10-27)23(30)18-5-3-4-17(13-18)16-31-21-14-19(24)6-7-20(21)25/h2-7,13-14H,1,8-12,15-16H2,(H,26,29).